The van der Waals surface area contributed by atoms with Crippen molar-refractivity contribution in [2.45, 2.75) is 19.0 Å². The van der Waals surface area contributed by atoms with E-state index < -0.39 is 0 Å². The number of carbonyl (C=O) groups excluding carboxylic acids is 1. The number of anilines is 1. The summed E-state index contributed by atoms with van der Waals surface area (Å²) in [5.74, 6) is 0.818. The van der Waals surface area contributed by atoms with Crippen molar-refractivity contribution in [2.75, 3.05) is 11.1 Å². The zero-order valence-corrected chi connectivity index (χ0v) is 16.9. The lowest BCUT2D eigenvalue weighted by molar-refractivity contribution is -0.113. The van der Waals surface area contributed by atoms with Crippen LogP contribution in [0.5, 0.6) is 0 Å². The summed E-state index contributed by atoms with van der Waals surface area (Å²) in [6.45, 7) is 4.02. The molecule has 29 heavy (non-hydrogen) atoms. The third kappa shape index (κ3) is 4.22. The van der Waals surface area contributed by atoms with Crippen molar-refractivity contribution in [1.82, 2.24) is 24.5 Å². The largest absolute Gasteiger partial charge is 0.325 e. The second kappa shape index (κ2) is 8.32. The minimum absolute atomic E-state index is 0.0885. The van der Waals surface area contributed by atoms with Crippen LogP contribution < -0.4 is 5.32 Å². The first-order valence-electron chi connectivity index (χ1n) is 9.11. The normalized spacial score (nSPS) is 10.8. The summed E-state index contributed by atoms with van der Waals surface area (Å²) in [7, 11) is 0. The summed E-state index contributed by atoms with van der Waals surface area (Å²) >= 11 is 1.34. The number of nitrogens with zero attached hydrogens (tertiary/aromatic N) is 5. The van der Waals surface area contributed by atoms with Gasteiger partial charge in [0.05, 0.1) is 5.75 Å². The van der Waals surface area contributed by atoms with Crippen LogP contribution in [-0.2, 0) is 4.79 Å². The van der Waals surface area contributed by atoms with Gasteiger partial charge in [-0.05, 0) is 49.7 Å². The van der Waals surface area contributed by atoms with Gasteiger partial charge in [0.1, 0.15) is 0 Å². The molecule has 0 saturated heterocycles. The van der Waals surface area contributed by atoms with Crippen LogP contribution in [0.2, 0.25) is 0 Å². The number of hydrogen-bond donors (Lipinski definition) is 1. The lowest BCUT2D eigenvalue weighted by atomic mass is 10.1. The van der Waals surface area contributed by atoms with Crippen LogP contribution in [0.15, 0.2) is 72.4 Å². The molecule has 0 aliphatic rings. The van der Waals surface area contributed by atoms with E-state index in [1.165, 1.54) is 17.3 Å². The number of thioether (sulfide) groups is 1. The Bertz CT molecular complexity index is 1120. The van der Waals surface area contributed by atoms with E-state index in [9.17, 15) is 4.79 Å². The topological polar surface area (TPSA) is 77.6 Å². The zero-order valence-electron chi connectivity index (χ0n) is 16.1. The fraction of sp³-hybridized carbons (Fsp3) is 0.143. The van der Waals surface area contributed by atoms with E-state index in [2.05, 4.69) is 20.5 Å². The number of aryl methyl sites for hydroxylation is 2. The number of nitrogens with one attached hydrogen (secondary N) is 1. The highest BCUT2D eigenvalue weighted by Gasteiger charge is 2.17. The first-order chi connectivity index (χ1) is 14.1. The van der Waals surface area contributed by atoms with Crippen LogP contribution in [0.4, 0.5) is 5.69 Å². The van der Waals surface area contributed by atoms with E-state index in [0.717, 1.165) is 16.8 Å². The predicted octanol–water partition coefficient (Wildman–Crippen LogP) is 3.80. The van der Waals surface area contributed by atoms with Crippen LogP contribution in [0.3, 0.4) is 0 Å². The highest BCUT2D eigenvalue weighted by atomic mass is 32.2. The van der Waals surface area contributed by atoms with Crippen LogP contribution >= 0.6 is 11.8 Å². The molecule has 3 aromatic heterocycles. The molecule has 0 radical (unpaired) electrons. The highest BCUT2D eigenvalue weighted by molar-refractivity contribution is 7.99. The number of rotatable bonds is 6. The summed E-state index contributed by atoms with van der Waals surface area (Å²) in [6.07, 6.45) is 7.25. The minimum atomic E-state index is -0.0885. The number of hydrogen-bond acceptors (Lipinski definition) is 5. The first kappa shape index (κ1) is 18.9. The van der Waals surface area contributed by atoms with Crippen LogP contribution in [0, 0.1) is 13.8 Å². The van der Waals surface area contributed by atoms with E-state index in [1.54, 1.807) is 12.4 Å². The molecule has 0 bridgehead atoms. The molecular formula is C21H20N6OS. The van der Waals surface area contributed by atoms with Gasteiger partial charge in [-0.25, -0.2) is 4.68 Å². The Labute approximate surface area is 172 Å². The average Bonchev–Trinajstić information content (AvgIpc) is 3.38. The Kier molecular flexibility index (Phi) is 5.44. The molecule has 0 saturated carbocycles. The number of amides is 1. The van der Waals surface area contributed by atoms with E-state index in [-0.39, 0.29) is 11.7 Å². The molecule has 1 aromatic carbocycles. The highest BCUT2D eigenvalue weighted by Crippen LogP contribution is 2.24. The van der Waals surface area contributed by atoms with Gasteiger partial charge in [-0.3, -0.25) is 14.5 Å². The van der Waals surface area contributed by atoms with Crippen molar-refractivity contribution in [1.29, 1.82) is 0 Å². The maximum absolute atomic E-state index is 12.5. The standard InChI is InChI=1S/C21H20N6OS/c1-15-5-6-18(16(2)13-15)23-19(28)14-29-21-25-24-20(17-7-9-22-10-8-17)27(21)26-11-3-4-12-26/h3-13H,14H2,1-2H3,(H,23,28). The van der Waals surface area contributed by atoms with Crippen molar-refractivity contribution in [3.05, 3.63) is 78.4 Å². The Balaban J connectivity index is 1.54. The fourth-order valence-electron chi connectivity index (χ4n) is 2.97. The molecule has 4 aromatic rings. The van der Waals surface area contributed by atoms with Gasteiger partial charge in [0.25, 0.3) is 0 Å². The molecule has 146 valence electrons. The van der Waals surface area contributed by atoms with Gasteiger partial charge in [0, 0.05) is 36.0 Å². The summed E-state index contributed by atoms with van der Waals surface area (Å²) < 4.78 is 3.77. The molecule has 0 atom stereocenters. The maximum Gasteiger partial charge on any atom is 0.234 e. The number of benzene rings is 1. The smallest absolute Gasteiger partial charge is 0.234 e. The number of carbonyl (C=O) groups is 1. The van der Waals surface area contributed by atoms with E-state index >= 15 is 0 Å². The SMILES string of the molecule is Cc1ccc(NC(=O)CSc2nnc(-c3ccncc3)n2-n2cccc2)c(C)c1. The lowest BCUT2D eigenvalue weighted by Gasteiger charge is -2.12. The molecular weight excluding hydrogens is 384 g/mol. The molecule has 3 heterocycles. The third-order valence-corrected chi connectivity index (χ3v) is 5.28. The number of pyridine rings is 1. The summed E-state index contributed by atoms with van der Waals surface area (Å²) in [6, 6.07) is 13.6. The minimum Gasteiger partial charge on any atom is -0.325 e. The summed E-state index contributed by atoms with van der Waals surface area (Å²) in [5, 5.41) is 12.2. The Hall–Kier alpha value is -3.39. The van der Waals surface area contributed by atoms with Crippen molar-refractivity contribution in [3.8, 4) is 11.4 Å². The Morgan fingerprint density at radius 2 is 1.83 bits per heavy atom. The van der Waals surface area contributed by atoms with Gasteiger partial charge in [0.2, 0.25) is 11.1 Å². The van der Waals surface area contributed by atoms with E-state index in [0.29, 0.717) is 11.0 Å². The van der Waals surface area contributed by atoms with Crippen molar-refractivity contribution < 1.29 is 4.79 Å². The molecule has 0 aliphatic heterocycles. The zero-order chi connectivity index (χ0) is 20.2. The molecule has 1 N–H and O–H groups in total. The Morgan fingerprint density at radius 3 is 2.55 bits per heavy atom. The van der Waals surface area contributed by atoms with Gasteiger partial charge in [-0.1, -0.05) is 29.5 Å². The summed E-state index contributed by atoms with van der Waals surface area (Å²) in [5.41, 5.74) is 3.93. The second-order valence-electron chi connectivity index (χ2n) is 6.57. The fourth-order valence-corrected chi connectivity index (χ4v) is 3.71. The third-order valence-electron chi connectivity index (χ3n) is 4.36. The number of aromatic nitrogens is 5. The van der Waals surface area contributed by atoms with Crippen LogP contribution in [0.25, 0.3) is 11.4 Å². The van der Waals surface area contributed by atoms with Crippen LogP contribution in [-0.4, -0.2) is 36.2 Å². The van der Waals surface area contributed by atoms with Crippen LogP contribution in [0.1, 0.15) is 11.1 Å². The van der Waals surface area contributed by atoms with E-state index in [4.69, 9.17) is 0 Å². The average molecular weight is 404 g/mol. The summed E-state index contributed by atoms with van der Waals surface area (Å²) in [4.78, 5) is 16.6. The molecule has 0 unspecified atom stereocenters. The van der Waals surface area contributed by atoms with Gasteiger partial charge in [0.15, 0.2) is 5.82 Å². The molecule has 0 aliphatic carbocycles. The second-order valence-corrected chi connectivity index (χ2v) is 7.51. The van der Waals surface area contributed by atoms with Crippen molar-refractivity contribution in [3.63, 3.8) is 0 Å². The van der Waals surface area contributed by atoms with Gasteiger partial charge in [-0.2, -0.15) is 0 Å². The quantitative estimate of drug-likeness (QED) is 0.495. The van der Waals surface area contributed by atoms with Gasteiger partial charge >= 0.3 is 0 Å². The van der Waals surface area contributed by atoms with Crippen molar-refractivity contribution in [2.24, 2.45) is 0 Å². The molecule has 8 heteroatoms. The van der Waals surface area contributed by atoms with Crippen molar-refractivity contribution >= 4 is 23.4 Å². The van der Waals surface area contributed by atoms with Gasteiger partial charge in [-0.15, -0.1) is 10.2 Å². The molecule has 0 spiro atoms. The maximum atomic E-state index is 12.5. The molecule has 4 rings (SSSR count). The molecule has 7 nitrogen and oxygen atoms in total. The monoisotopic (exact) mass is 404 g/mol. The molecule has 1 amide bonds. The van der Waals surface area contributed by atoms with Gasteiger partial charge < -0.3 is 5.32 Å². The Morgan fingerprint density at radius 1 is 1.07 bits per heavy atom. The molecule has 0 fully saturated rings. The first-order valence-corrected chi connectivity index (χ1v) is 10.1. The lowest BCUT2D eigenvalue weighted by Crippen LogP contribution is -2.16. The van der Waals surface area contributed by atoms with E-state index in [1.807, 2.05) is 78.1 Å². The predicted molar refractivity (Wildman–Crippen MR) is 114 cm³/mol.